The molecule has 4 heteroatoms. The summed E-state index contributed by atoms with van der Waals surface area (Å²) >= 11 is 0. The van der Waals surface area contributed by atoms with Crippen LogP contribution in [-0.4, -0.2) is 19.9 Å². The molecule has 4 nitrogen and oxygen atoms in total. The van der Waals surface area contributed by atoms with Gasteiger partial charge < -0.3 is 0 Å². The van der Waals surface area contributed by atoms with Crippen molar-refractivity contribution in [2.24, 2.45) is 0 Å². The van der Waals surface area contributed by atoms with Gasteiger partial charge in [0.2, 0.25) is 0 Å². The average Bonchev–Trinajstić information content (AvgIpc) is 3.23. The molecule has 0 bridgehead atoms. The second-order valence-electron chi connectivity index (χ2n) is 13.1. The van der Waals surface area contributed by atoms with Gasteiger partial charge in [-0.2, -0.15) is 0 Å². The molecule has 10 rings (SSSR count). The van der Waals surface area contributed by atoms with Crippen molar-refractivity contribution in [1.82, 2.24) is 19.9 Å². The van der Waals surface area contributed by atoms with Crippen LogP contribution in [0.5, 0.6) is 0 Å². The molecule has 0 aliphatic carbocycles. The Morgan fingerprint density at radius 1 is 0.269 bits per heavy atom. The average molecular weight is 663 g/mol. The Bertz CT molecular complexity index is 2940. The van der Waals surface area contributed by atoms with Crippen LogP contribution in [0.2, 0.25) is 0 Å². The zero-order chi connectivity index (χ0) is 34.4. The molecule has 0 N–H and O–H groups in total. The topological polar surface area (TPSA) is 51.6 Å². The van der Waals surface area contributed by atoms with E-state index in [1.165, 1.54) is 11.1 Å². The summed E-state index contributed by atoms with van der Waals surface area (Å²) in [5.41, 5.74) is 14.6. The quantitative estimate of drug-likeness (QED) is 0.172. The SMILES string of the molecule is c1ccc(-c2ccc(-c3ccc4cc(-c5ccc6nc(-c7ccc(-c8ccc9ccc%10cccnc%10c9n8)cc7)ccc6c5)ccc4n3)cc2)cc1. The van der Waals surface area contributed by atoms with Crippen molar-refractivity contribution >= 4 is 43.6 Å². The number of pyridine rings is 4. The first-order valence-electron chi connectivity index (χ1n) is 17.5. The molecule has 0 saturated heterocycles. The van der Waals surface area contributed by atoms with Gasteiger partial charge in [0.15, 0.2) is 0 Å². The summed E-state index contributed by atoms with van der Waals surface area (Å²) in [6.07, 6.45) is 1.83. The van der Waals surface area contributed by atoms with Gasteiger partial charge in [-0.15, -0.1) is 0 Å². The molecule has 0 aliphatic heterocycles. The molecule has 6 aromatic carbocycles. The Kier molecular flexibility index (Phi) is 7.10. The summed E-state index contributed by atoms with van der Waals surface area (Å²) in [6, 6.07) is 61.5. The van der Waals surface area contributed by atoms with Crippen LogP contribution < -0.4 is 0 Å². The molecule has 0 saturated carbocycles. The van der Waals surface area contributed by atoms with Crippen LogP contribution >= 0.6 is 0 Å². The van der Waals surface area contributed by atoms with E-state index in [-0.39, 0.29) is 0 Å². The van der Waals surface area contributed by atoms with Crippen LogP contribution in [0.25, 0.3) is 99.6 Å². The molecule has 0 atom stereocenters. The molecular formula is C48H30N4. The van der Waals surface area contributed by atoms with Crippen molar-refractivity contribution in [1.29, 1.82) is 0 Å². The van der Waals surface area contributed by atoms with Crippen molar-refractivity contribution in [3.8, 4) is 56.0 Å². The van der Waals surface area contributed by atoms with Crippen LogP contribution in [0, 0.1) is 0 Å². The predicted octanol–water partition coefficient (Wildman–Crippen LogP) is 12.2. The van der Waals surface area contributed by atoms with Crippen LogP contribution in [0.1, 0.15) is 0 Å². The van der Waals surface area contributed by atoms with Crippen LogP contribution in [0.3, 0.4) is 0 Å². The Morgan fingerprint density at radius 2 is 0.712 bits per heavy atom. The van der Waals surface area contributed by atoms with Gasteiger partial charge in [0.1, 0.15) is 0 Å². The van der Waals surface area contributed by atoms with Gasteiger partial charge in [0, 0.05) is 44.4 Å². The first-order chi connectivity index (χ1) is 25.7. The van der Waals surface area contributed by atoms with Crippen molar-refractivity contribution in [3.63, 3.8) is 0 Å². The molecular weight excluding hydrogens is 633 g/mol. The molecule has 4 aromatic heterocycles. The third-order valence-corrected chi connectivity index (χ3v) is 9.91. The summed E-state index contributed by atoms with van der Waals surface area (Å²) in [7, 11) is 0. The van der Waals surface area contributed by atoms with Gasteiger partial charge in [0.05, 0.1) is 39.1 Å². The van der Waals surface area contributed by atoms with Gasteiger partial charge >= 0.3 is 0 Å². The van der Waals surface area contributed by atoms with E-state index in [1.54, 1.807) is 0 Å². The standard InChI is InChI=1S/C48H30N4/c1-2-5-31(6-3-1)32-8-10-33(11-9-32)42-26-21-40-29-38(19-24-45(40)50-42)39-20-25-46-41(30-39)22-27-43(51-46)34-12-14-35(15-13-34)44-23-18-37-17-16-36-7-4-28-49-47(36)48(37)52-44/h1-30H. The first kappa shape index (κ1) is 29.8. The Morgan fingerprint density at radius 3 is 1.29 bits per heavy atom. The lowest BCUT2D eigenvalue weighted by Crippen LogP contribution is -1.90. The molecule has 0 spiro atoms. The highest BCUT2D eigenvalue weighted by molar-refractivity contribution is 6.03. The van der Waals surface area contributed by atoms with Crippen LogP contribution in [0.4, 0.5) is 0 Å². The van der Waals surface area contributed by atoms with E-state index in [0.717, 1.165) is 88.5 Å². The number of hydrogen-bond acceptors (Lipinski definition) is 4. The van der Waals surface area contributed by atoms with Crippen LogP contribution in [-0.2, 0) is 0 Å². The van der Waals surface area contributed by atoms with E-state index >= 15 is 0 Å². The number of benzene rings is 6. The van der Waals surface area contributed by atoms with Crippen LogP contribution in [0.15, 0.2) is 182 Å². The number of hydrogen-bond donors (Lipinski definition) is 0. The molecule has 0 fully saturated rings. The van der Waals surface area contributed by atoms with E-state index in [0.29, 0.717) is 0 Å². The summed E-state index contributed by atoms with van der Waals surface area (Å²) in [5.74, 6) is 0. The number of fused-ring (bicyclic) bond motifs is 5. The lowest BCUT2D eigenvalue weighted by molar-refractivity contribution is 1.36. The zero-order valence-corrected chi connectivity index (χ0v) is 28.1. The van der Waals surface area contributed by atoms with Gasteiger partial charge in [-0.05, 0) is 70.8 Å². The second-order valence-corrected chi connectivity index (χ2v) is 13.1. The fourth-order valence-electron chi connectivity index (χ4n) is 7.09. The molecule has 0 unspecified atom stereocenters. The largest absolute Gasteiger partial charge is 0.254 e. The molecule has 4 heterocycles. The minimum Gasteiger partial charge on any atom is -0.254 e. The summed E-state index contributed by atoms with van der Waals surface area (Å²) in [5, 5.41) is 4.40. The van der Waals surface area contributed by atoms with Gasteiger partial charge in [-0.25, -0.2) is 15.0 Å². The molecule has 0 aliphatic rings. The minimum absolute atomic E-state index is 0.922. The van der Waals surface area contributed by atoms with Gasteiger partial charge in [0.25, 0.3) is 0 Å². The Hall–Kier alpha value is -7.04. The molecule has 10 aromatic rings. The fraction of sp³-hybridized carbons (Fsp3) is 0. The minimum atomic E-state index is 0.922. The number of nitrogens with zero attached hydrogens (tertiary/aromatic N) is 4. The van der Waals surface area contributed by atoms with E-state index < -0.39 is 0 Å². The third-order valence-electron chi connectivity index (χ3n) is 9.91. The van der Waals surface area contributed by atoms with E-state index in [9.17, 15) is 0 Å². The second kappa shape index (κ2) is 12.4. The number of rotatable bonds is 5. The monoisotopic (exact) mass is 662 g/mol. The maximum Gasteiger partial charge on any atom is 0.0972 e. The van der Waals surface area contributed by atoms with Crippen molar-refractivity contribution < 1.29 is 0 Å². The molecule has 52 heavy (non-hydrogen) atoms. The summed E-state index contributed by atoms with van der Waals surface area (Å²) < 4.78 is 0. The third kappa shape index (κ3) is 5.44. The van der Waals surface area contributed by atoms with Crippen molar-refractivity contribution in [2.45, 2.75) is 0 Å². The van der Waals surface area contributed by atoms with Crippen molar-refractivity contribution in [2.75, 3.05) is 0 Å². The highest BCUT2D eigenvalue weighted by Crippen LogP contribution is 2.32. The molecule has 0 radical (unpaired) electrons. The van der Waals surface area contributed by atoms with E-state index in [1.807, 2.05) is 18.3 Å². The van der Waals surface area contributed by atoms with Gasteiger partial charge in [-0.1, -0.05) is 127 Å². The van der Waals surface area contributed by atoms with Gasteiger partial charge in [-0.3, -0.25) is 4.98 Å². The predicted molar refractivity (Wildman–Crippen MR) is 215 cm³/mol. The molecule has 0 amide bonds. The lowest BCUT2D eigenvalue weighted by Gasteiger charge is -2.09. The summed E-state index contributed by atoms with van der Waals surface area (Å²) in [6.45, 7) is 0. The summed E-state index contributed by atoms with van der Waals surface area (Å²) in [4.78, 5) is 19.7. The normalized spacial score (nSPS) is 11.5. The zero-order valence-electron chi connectivity index (χ0n) is 28.1. The van der Waals surface area contributed by atoms with E-state index in [4.69, 9.17) is 15.0 Å². The number of aromatic nitrogens is 4. The Balaban J connectivity index is 0.891. The Labute approximate surface area is 300 Å². The van der Waals surface area contributed by atoms with E-state index in [2.05, 4.69) is 169 Å². The first-order valence-corrected chi connectivity index (χ1v) is 17.5. The van der Waals surface area contributed by atoms with Crippen molar-refractivity contribution in [3.05, 3.63) is 182 Å². The fourth-order valence-corrected chi connectivity index (χ4v) is 7.09. The maximum atomic E-state index is 5.03. The molecule has 242 valence electrons. The lowest BCUT2D eigenvalue weighted by atomic mass is 9.99. The maximum absolute atomic E-state index is 5.03. The smallest absolute Gasteiger partial charge is 0.0972 e. The highest BCUT2D eigenvalue weighted by atomic mass is 14.8. The highest BCUT2D eigenvalue weighted by Gasteiger charge is 2.10.